The molecule has 1 saturated heterocycles. The third kappa shape index (κ3) is 3.68. The van der Waals surface area contributed by atoms with Crippen molar-refractivity contribution >= 4 is 27.5 Å². The molecule has 1 aromatic rings. The Hall–Kier alpha value is -0.130. The average Bonchev–Trinajstić information content (AvgIpc) is 2.87. The molecule has 1 aliphatic rings. The Morgan fingerprint density at radius 3 is 3.06 bits per heavy atom. The van der Waals surface area contributed by atoms with Crippen LogP contribution in [0.4, 0.5) is 0 Å². The van der Waals surface area contributed by atoms with Crippen LogP contribution in [0.1, 0.15) is 24.4 Å². The van der Waals surface area contributed by atoms with Crippen LogP contribution in [0.3, 0.4) is 0 Å². The largest absolute Gasteiger partial charge is 0.394 e. The highest BCUT2D eigenvalue weighted by atomic mass is 79.9. The molecule has 0 bridgehead atoms. The molecule has 1 aromatic carbocycles. The highest BCUT2D eigenvalue weighted by molar-refractivity contribution is 9.10. The van der Waals surface area contributed by atoms with Crippen LogP contribution in [-0.2, 0) is 4.74 Å². The number of benzene rings is 1. The van der Waals surface area contributed by atoms with E-state index in [0.717, 1.165) is 36.0 Å². The van der Waals surface area contributed by atoms with E-state index in [0.29, 0.717) is 5.02 Å². The number of ether oxygens (including phenoxy) is 1. The number of hydrogen-bond acceptors (Lipinski definition) is 3. The Morgan fingerprint density at radius 2 is 2.39 bits per heavy atom. The maximum atomic E-state index is 9.49. The van der Waals surface area contributed by atoms with Crippen molar-refractivity contribution in [2.45, 2.75) is 25.0 Å². The summed E-state index contributed by atoms with van der Waals surface area (Å²) in [6.45, 7) is 1.60. The van der Waals surface area contributed by atoms with Crippen LogP contribution in [0.2, 0.25) is 5.02 Å². The van der Waals surface area contributed by atoms with Gasteiger partial charge in [-0.05, 0) is 36.6 Å². The monoisotopic (exact) mass is 333 g/mol. The van der Waals surface area contributed by atoms with Gasteiger partial charge < -0.3 is 15.2 Å². The molecule has 2 rings (SSSR count). The van der Waals surface area contributed by atoms with Crippen LogP contribution in [0.25, 0.3) is 0 Å². The topological polar surface area (TPSA) is 41.5 Å². The van der Waals surface area contributed by atoms with Gasteiger partial charge in [0.1, 0.15) is 0 Å². The van der Waals surface area contributed by atoms with E-state index in [1.807, 2.05) is 18.2 Å². The normalized spacial score (nSPS) is 21.2. The molecule has 5 heteroatoms. The van der Waals surface area contributed by atoms with Gasteiger partial charge in [0.15, 0.2) is 0 Å². The van der Waals surface area contributed by atoms with E-state index in [9.17, 15) is 5.11 Å². The van der Waals surface area contributed by atoms with Crippen LogP contribution in [0.15, 0.2) is 22.7 Å². The molecule has 0 aliphatic carbocycles. The molecule has 2 atom stereocenters. The molecule has 1 heterocycles. The third-order valence-corrected chi connectivity index (χ3v) is 3.97. The van der Waals surface area contributed by atoms with Crippen molar-refractivity contribution in [2.24, 2.45) is 0 Å². The first-order valence-corrected chi connectivity index (χ1v) is 7.28. The lowest BCUT2D eigenvalue weighted by atomic mass is 10.1. The minimum absolute atomic E-state index is 0.0168. The number of rotatable bonds is 5. The molecule has 3 nitrogen and oxygen atoms in total. The molecule has 0 saturated carbocycles. The molecule has 0 amide bonds. The van der Waals surface area contributed by atoms with Gasteiger partial charge >= 0.3 is 0 Å². The van der Waals surface area contributed by atoms with Gasteiger partial charge in [0.2, 0.25) is 0 Å². The van der Waals surface area contributed by atoms with Gasteiger partial charge in [-0.15, -0.1) is 0 Å². The zero-order valence-corrected chi connectivity index (χ0v) is 12.4. The summed E-state index contributed by atoms with van der Waals surface area (Å²) in [5, 5.41) is 13.5. The Labute approximate surface area is 121 Å². The maximum Gasteiger partial charge on any atom is 0.0700 e. The molecule has 0 radical (unpaired) electrons. The summed E-state index contributed by atoms with van der Waals surface area (Å²) in [6, 6.07) is 5.50. The molecule has 100 valence electrons. The van der Waals surface area contributed by atoms with Crippen LogP contribution < -0.4 is 5.32 Å². The second-order valence-electron chi connectivity index (χ2n) is 4.44. The lowest BCUT2D eigenvalue weighted by Gasteiger charge is -2.20. The average molecular weight is 335 g/mol. The predicted molar refractivity (Wildman–Crippen MR) is 76.0 cm³/mol. The Kier molecular flexibility index (Phi) is 5.45. The van der Waals surface area contributed by atoms with Crippen LogP contribution in [0, 0.1) is 0 Å². The number of halogens is 2. The van der Waals surface area contributed by atoms with Gasteiger partial charge in [-0.1, -0.05) is 27.5 Å². The molecular weight excluding hydrogens is 318 g/mol. The maximum absolute atomic E-state index is 9.49. The van der Waals surface area contributed by atoms with Crippen LogP contribution >= 0.6 is 27.5 Å². The van der Waals surface area contributed by atoms with Gasteiger partial charge in [-0.2, -0.15) is 0 Å². The van der Waals surface area contributed by atoms with Crippen molar-refractivity contribution < 1.29 is 9.84 Å². The standard InChI is InChI=1S/C13H17BrClNO2/c14-9-3-4-12(15)11(6-9)13(8-17)16-7-10-2-1-5-18-10/h3-4,6,10,13,16-17H,1-2,5,7-8H2. The summed E-state index contributed by atoms with van der Waals surface area (Å²) in [7, 11) is 0. The minimum atomic E-state index is -0.154. The Balaban J connectivity index is 2.00. The zero-order valence-electron chi connectivity index (χ0n) is 10.0. The smallest absolute Gasteiger partial charge is 0.0700 e. The molecule has 18 heavy (non-hydrogen) atoms. The highest BCUT2D eigenvalue weighted by Gasteiger charge is 2.19. The molecule has 1 fully saturated rings. The number of aliphatic hydroxyl groups is 1. The third-order valence-electron chi connectivity index (χ3n) is 3.13. The molecule has 2 unspecified atom stereocenters. The fourth-order valence-electron chi connectivity index (χ4n) is 2.13. The van der Waals surface area contributed by atoms with E-state index in [1.54, 1.807) is 0 Å². The first-order valence-electron chi connectivity index (χ1n) is 6.11. The Bertz CT molecular complexity index is 397. The summed E-state index contributed by atoms with van der Waals surface area (Å²) >= 11 is 9.58. The van der Waals surface area contributed by atoms with Crippen molar-refractivity contribution in [1.82, 2.24) is 5.32 Å². The van der Waals surface area contributed by atoms with Crippen molar-refractivity contribution in [1.29, 1.82) is 0 Å². The van der Waals surface area contributed by atoms with Gasteiger partial charge in [-0.25, -0.2) is 0 Å². The first-order chi connectivity index (χ1) is 8.70. The summed E-state index contributed by atoms with van der Waals surface area (Å²) in [6.07, 6.45) is 2.45. The molecule has 1 aliphatic heterocycles. The molecule has 0 spiro atoms. The lowest BCUT2D eigenvalue weighted by Crippen LogP contribution is -2.32. The van der Waals surface area contributed by atoms with Crippen molar-refractivity contribution in [3.63, 3.8) is 0 Å². The second-order valence-corrected chi connectivity index (χ2v) is 5.77. The van der Waals surface area contributed by atoms with E-state index in [2.05, 4.69) is 21.2 Å². The van der Waals surface area contributed by atoms with Crippen molar-refractivity contribution in [2.75, 3.05) is 19.8 Å². The number of aliphatic hydroxyl groups excluding tert-OH is 1. The number of hydrogen-bond donors (Lipinski definition) is 2. The van der Waals surface area contributed by atoms with E-state index in [-0.39, 0.29) is 18.8 Å². The van der Waals surface area contributed by atoms with Crippen LogP contribution in [-0.4, -0.2) is 31.0 Å². The van der Waals surface area contributed by atoms with E-state index in [4.69, 9.17) is 16.3 Å². The zero-order chi connectivity index (χ0) is 13.0. The van der Waals surface area contributed by atoms with E-state index >= 15 is 0 Å². The molecule has 0 aromatic heterocycles. The minimum Gasteiger partial charge on any atom is -0.394 e. The summed E-state index contributed by atoms with van der Waals surface area (Å²) in [4.78, 5) is 0. The van der Waals surface area contributed by atoms with E-state index in [1.165, 1.54) is 0 Å². The fraction of sp³-hybridized carbons (Fsp3) is 0.538. The molecule has 2 N–H and O–H groups in total. The highest BCUT2D eigenvalue weighted by Crippen LogP contribution is 2.26. The second kappa shape index (κ2) is 6.87. The summed E-state index contributed by atoms with van der Waals surface area (Å²) < 4.78 is 6.51. The SMILES string of the molecule is OCC(NCC1CCCO1)c1cc(Br)ccc1Cl. The Morgan fingerprint density at radius 1 is 1.56 bits per heavy atom. The van der Waals surface area contributed by atoms with Crippen molar-refractivity contribution in [3.8, 4) is 0 Å². The van der Waals surface area contributed by atoms with Crippen molar-refractivity contribution in [3.05, 3.63) is 33.3 Å². The van der Waals surface area contributed by atoms with Gasteiger partial charge in [0, 0.05) is 22.6 Å². The van der Waals surface area contributed by atoms with E-state index < -0.39 is 0 Å². The summed E-state index contributed by atoms with van der Waals surface area (Å²) in [5.74, 6) is 0. The van der Waals surface area contributed by atoms with Gasteiger partial charge in [-0.3, -0.25) is 0 Å². The quantitative estimate of drug-likeness (QED) is 0.870. The number of nitrogens with one attached hydrogen (secondary N) is 1. The lowest BCUT2D eigenvalue weighted by molar-refractivity contribution is 0.104. The van der Waals surface area contributed by atoms with Gasteiger partial charge in [0.25, 0.3) is 0 Å². The fourth-order valence-corrected chi connectivity index (χ4v) is 2.76. The van der Waals surface area contributed by atoms with Crippen LogP contribution in [0.5, 0.6) is 0 Å². The first kappa shape index (κ1) is 14.3. The molecular formula is C13H17BrClNO2. The van der Waals surface area contributed by atoms with Gasteiger partial charge in [0.05, 0.1) is 18.8 Å². The summed E-state index contributed by atoms with van der Waals surface area (Å²) in [5.41, 5.74) is 0.909. The predicted octanol–water partition coefficient (Wildman–Crippen LogP) is 2.90.